The molecule has 2 aromatic heterocycles. The van der Waals surface area contributed by atoms with Crippen LogP contribution < -0.4 is 25.2 Å². The van der Waals surface area contributed by atoms with Crippen LogP contribution in [0.25, 0.3) is 10.4 Å². The average molecular weight is 1000 g/mol. The van der Waals surface area contributed by atoms with E-state index in [1.807, 2.05) is 52.0 Å². The molecule has 362 valence electrons. The van der Waals surface area contributed by atoms with Crippen LogP contribution >= 0.6 is 35.2 Å². The molecule has 2 N–H and O–H groups in total. The third-order valence-corrected chi connectivity index (χ3v) is 12.9. The molecule has 6 rings (SSSR count). The molecule has 0 radical (unpaired) electrons. The van der Waals surface area contributed by atoms with Crippen LogP contribution in [0.5, 0.6) is 5.88 Å². The van der Waals surface area contributed by atoms with Gasteiger partial charge in [-0.3, -0.25) is 24.1 Å². The van der Waals surface area contributed by atoms with Crippen LogP contribution in [0.15, 0.2) is 54.2 Å². The topological polar surface area (TPSA) is 179 Å². The van der Waals surface area contributed by atoms with Crippen LogP contribution in [0.3, 0.4) is 0 Å². The molecule has 2 saturated heterocycles. The van der Waals surface area contributed by atoms with Gasteiger partial charge in [0.15, 0.2) is 10.9 Å². The Balaban J connectivity index is 0.934. The van der Waals surface area contributed by atoms with E-state index in [1.165, 1.54) is 37.1 Å². The number of pyridine rings is 1. The van der Waals surface area contributed by atoms with Gasteiger partial charge in [0.2, 0.25) is 23.6 Å². The summed E-state index contributed by atoms with van der Waals surface area (Å²) in [6.45, 7) is 10.8. The number of aryl methyl sites for hydroxylation is 1. The number of rotatable bonds is 17. The Morgan fingerprint density at radius 1 is 1.04 bits per heavy atom. The van der Waals surface area contributed by atoms with E-state index in [0.717, 1.165) is 33.8 Å². The number of halogens is 5. The molecule has 22 heteroatoms. The summed E-state index contributed by atoms with van der Waals surface area (Å²) in [4.78, 5) is 66.9. The van der Waals surface area contributed by atoms with E-state index in [9.17, 15) is 32.3 Å². The number of carbonyl (C=O) groups excluding carboxylic acids is 4. The molecule has 2 fully saturated rings. The molecule has 0 saturated carbocycles. The van der Waals surface area contributed by atoms with Crippen LogP contribution in [0, 0.1) is 29.5 Å². The minimum Gasteiger partial charge on any atom is -0.475 e. The highest BCUT2D eigenvalue weighted by atomic mass is 35.5. The molecule has 2 aromatic carbocycles. The molecule has 0 bridgehead atoms. The first kappa shape index (κ1) is 51.6. The number of amides is 4. The minimum atomic E-state index is -5.23. The number of anilines is 2. The van der Waals surface area contributed by atoms with Crippen molar-refractivity contribution in [1.82, 2.24) is 25.5 Å². The largest absolute Gasteiger partial charge is 0.475 e. The quantitative estimate of drug-likeness (QED) is 0.0611. The maximum atomic E-state index is 15.4. The highest BCUT2D eigenvalue weighted by Gasteiger charge is 2.52. The number of aromatic nitrogens is 2. The number of likely N-dealkylation sites (tertiary alicyclic amines) is 1. The SMILES string of the molecule is Cc1ncsc1-c1ccc(CNC(=O)C2CCCN2C(=O)[C@@H](NC(=O)COCCOCCOc2cc(Cl)c(N3C(=S)N(c4ccc(C#N)c(C(F)(F)F)c4F)C(=O)C3(C)C)cn2)C(C)(C)C)cc1. The van der Waals surface area contributed by atoms with Gasteiger partial charge in [0, 0.05) is 19.2 Å². The third-order valence-electron chi connectivity index (χ3n) is 11.3. The average Bonchev–Trinajstić information content (AvgIpc) is 3.99. The van der Waals surface area contributed by atoms with Gasteiger partial charge in [0.1, 0.15) is 36.4 Å². The van der Waals surface area contributed by atoms with Crippen LogP contribution in [-0.4, -0.2) is 101 Å². The zero-order valence-corrected chi connectivity index (χ0v) is 40.4. The van der Waals surface area contributed by atoms with Crippen molar-refractivity contribution in [3.8, 4) is 22.4 Å². The van der Waals surface area contributed by atoms with Crippen molar-refractivity contribution >= 4 is 75.3 Å². The number of nitrogens with zero attached hydrogens (tertiary/aromatic N) is 6. The highest BCUT2D eigenvalue weighted by Crippen LogP contribution is 2.43. The Bertz CT molecular complexity index is 2600. The van der Waals surface area contributed by atoms with E-state index < -0.39 is 63.7 Å². The Labute approximate surface area is 404 Å². The monoisotopic (exact) mass is 1000 g/mol. The minimum absolute atomic E-state index is 0.00123. The predicted octanol–water partition coefficient (Wildman–Crippen LogP) is 7.36. The second-order valence-electron chi connectivity index (χ2n) is 17.5. The zero-order valence-electron chi connectivity index (χ0n) is 38.0. The number of carbonyl (C=O) groups is 4. The van der Waals surface area contributed by atoms with Crippen LogP contribution in [0.1, 0.15) is 69.8 Å². The van der Waals surface area contributed by atoms with Crippen molar-refractivity contribution in [3.05, 3.63) is 87.4 Å². The molecule has 2 atom stereocenters. The van der Waals surface area contributed by atoms with Crippen molar-refractivity contribution in [3.63, 3.8) is 0 Å². The first-order valence-electron chi connectivity index (χ1n) is 21.4. The summed E-state index contributed by atoms with van der Waals surface area (Å²) in [6.07, 6.45) is -2.84. The smallest absolute Gasteiger partial charge is 0.420 e. The lowest BCUT2D eigenvalue weighted by molar-refractivity contribution is -0.144. The van der Waals surface area contributed by atoms with Gasteiger partial charge in [0.05, 0.1) is 70.1 Å². The van der Waals surface area contributed by atoms with Crippen molar-refractivity contribution in [2.24, 2.45) is 5.41 Å². The van der Waals surface area contributed by atoms with Gasteiger partial charge in [-0.05, 0) is 74.5 Å². The number of thiocarbonyl (C=S) groups is 1. The van der Waals surface area contributed by atoms with Gasteiger partial charge in [-0.1, -0.05) is 56.6 Å². The zero-order chi connectivity index (χ0) is 49.7. The molecular weight excluding hydrogens is 952 g/mol. The summed E-state index contributed by atoms with van der Waals surface area (Å²) in [5.74, 6) is -3.76. The summed E-state index contributed by atoms with van der Waals surface area (Å²) >= 11 is 13.6. The van der Waals surface area contributed by atoms with E-state index in [-0.39, 0.29) is 66.6 Å². The summed E-state index contributed by atoms with van der Waals surface area (Å²) in [5, 5.41) is 14.6. The lowest BCUT2D eigenvalue weighted by Gasteiger charge is -2.35. The van der Waals surface area contributed by atoms with Crippen molar-refractivity contribution in [2.75, 3.05) is 49.4 Å². The first-order valence-corrected chi connectivity index (χ1v) is 23.0. The summed E-state index contributed by atoms with van der Waals surface area (Å²) < 4.78 is 73.3. The van der Waals surface area contributed by atoms with E-state index in [2.05, 4.69) is 20.6 Å². The first-order chi connectivity index (χ1) is 32.1. The summed E-state index contributed by atoms with van der Waals surface area (Å²) in [7, 11) is 0. The lowest BCUT2D eigenvalue weighted by Crippen LogP contribution is -2.58. The predicted molar refractivity (Wildman–Crippen MR) is 249 cm³/mol. The molecule has 68 heavy (non-hydrogen) atoms. The normalized spacial score (nSPS) is 16.5. The molecule has 0 spiro atoms. The molecule has 15 nitrogen and oxygen atoms in total. The number of hydrogen-bond acceptors (Lipinski definition) is 12. The van der Waals surface area contributed by atoms with Gasteiger partial charge in [0.25, 0.3) is 5.91 Å². The number of thiazole rings is 1. The van der Waals surface area contributed by atoms with Crippen molar-refractivity contribution in [2.45, 2.75) is 84.7 Å². The molecular formula is C46H49ClF4N8O7S2. The molecule has 0 aliphatic carbocycles. The number of benzene rings is 2. The van der Waals surface area contributed by atoms with Gasteiger partial charge in [-0.15, -0.1) is 11.3 Å². The van der Waals surface area contributed by atoms with E-state index in [0.29, 0.717) is 30.8 Å². The maximum absolute atomic E-state index is 15.4. The Hall–Kier alpha value is -5.79. The van der Waals surface area contributed by atoms with E-state index in [4.69, 9.17) is 43.3 Å². The van der Waals surface area contributed by atoms with Gasteiger partial charge < -0.3 is 34.6 Å². The molecule has 2 aliphatic heterocycles. The fourth-order valence-electron chi connectivity index (χ4n) is 7.74. The fraction of sp³-hybridized carbons (Fsp3) is 0.435. The lowest BCUT2D eigenvalue weighted by atomic mass is 9.85. The van der Waals surface area contributed by atoms with Gasteiger partial charge in [-0.25, -0.2) is 14.4 Å². The maximum Gasteiger partial charge on any atom is 0.420 e. The molecule has 2 aliphatic rings. The second-order valence-corrected chi connectivity index (χ2v) is 19.1. The number of nitriles is 1. The van der Waals surface area contributed by atoms with Crippen LogP contribution in [0.2, 0.25) is 5.02 Å². The van der Waals surface area contributed by atoms with E-state index in [1.54, 1.807) is 21.7 Å². The standard InChI is InChI=1S/C46H49ClF4N8O7S2/c1-26-38(68-25-55-26)28-11-9-27(10-12-28)22-54-40(61)32-8-7-15-57(32)41(62)39(44(2,3)4)56-34(60)24-65-17-16-64-18-19-66-35-20-30(47)33(23-53-35)59-43(67)58(42(63)45(59,5)6)31-14-13-29(21-52)36(37(31)48)46(49,50)51/h9-14,20,23,25,32,39H,7-8,15-19,22,24H2,1-6H3,(H,54,61)(H,56,60)/t32?,39-/m1/s1. The molecule has 4 heterocycles. The molecule has 4 amide bonds. The summed E-state index contributed by atoms with van der Waals surface area (Å²) in [5.41, 5.74) is -0.985. The number of alkyl halides is 3. The molecule has 1 unspecified atom stereocenters. The van der Waals surface area contributed by atoms with Crippen molar-refractivity contribution < 1.29 is 51.0 Å². The second kappa shape index (κ2) is 21.2. The Morgan fingerprint density at radius 3 is 2.37 bits per heavy atom. The molecule has 4 aromatic rings. The Morgan fingerprint density at radius 2 is 1.74 bits per heavy atom. The van der Waals surface area contributed by atoms with Gasteiger partial charge >= 0.3 is 6.18 Å². The highest BCUT2D eigenvalue weighted by molar-refractivity contribution is 7.81. The van der Waals surface area contributed by atoms with Crippen molar-refractivity contribution in [1.29, 1.82) is 5.26 Å². The summed E-state index contributed by atoms with van der Waals surface area (Å²) in [6, 6.07) is 10.6. The third kappa shape index (κ3) is 11.4. The number of ether oxygens (including phenoxy) is 3. The number of nitrogens with one attached hydrogen (secondary N) is 2. The van der Waals surface area contributed by atoms with Crippen LogP contribution in [0.4, 0.5) is 28.9 Å². The fourth-order valence-corrected chi connectivity index (χ4v) is 9.29. The Kier molecular flexibility index (Phi) is 16.1. The van der Waals surface area contributed by atoms with E-state index >= 15 is 4.39 Å². The van der Waals surface area contributed by atoms with Crippen LogP contribution in [-0.2, 0) is 41.4 Å². The van der Waals surface area contributed by atoms with Gasteiger partial charge in [-0.2, -0.15) is 18.4 Å². The number of hydrogen-bond donors (Lipinski definition) is 2.